The summed E-state index contributed by atoms with van der Waals surface area (Å²) in [6, 6.07) is 3.17. The predicted octanol–water partition coefficient (Wildman–Crippen LogP) is 3.57. The lowest BCUT2D eigenvalue weighted by Crippen LogP contribution is -2.54. The van der Waals surface area contributed by atoms with Crippen molar-refractivity contribution in [2.24, 2.45) is 5.92 Å². The zero-order valence-corrected chi connectivity index (χ0v) is 17.0. The van der Waals surface area contributed by atoms with Crippen LogP contribution < -0.4 is 5.32 Å². The first-order chi connectivity index (χ1) is 14.0. The summed E-state index contributed by atoms with van der Waals surface area (Å²) in [5, 5.41) is 2.92. The smallest absolute Gasteiger partial charge is 0.325 e. The molecule has 1 aromatic rings. The maximum absolute atomic E-state index is 13.2. The second kappa shape index (κ2) is 8.05. The van der Waals surface area contributed by atoms with Crippen LogP contribution in [0.1, 0.15) is 64.1 Å². The highest BCUT2D eigenvalue weighted by atomic mass is 16.3. The second-order valence-electron chi connectivity index (χ2n) is 8.44. The summed E-state index contributed by atoms with van der Waals surface area (Å²) in [5.74, 6) is 0.254. The minimum atomic E-state index is -0.842. The standard InChI is InChI=1S/C22H29N3O4/c1-16-8-5-6-12-22(16)20(27)25(21(28)23-22)15-19(26)24(14-18-11-7-13-29-18)17-9-3-2-4-10-17/h7,9,11,13,16H,2-6,8,10,12,14-15H2,1H3,(H,23,28). The molecule has 1 aliphatic heterocycles. The third-order valence-corrected chi connectivity index (χ3v) is 6.60. The monoisotopic (exact) mass is 399 g/mol. The minimum Gasteiger partial charge on any atom is -0.467 e. The van der Waals surface area contributed by atoms with Crippen LogP contribution in [-0.4, -0.2) is 39.7 Å². The van der Waals surface area contributed by atoms with Crippen LogP contribution >= 0.6 is 0 Å². The Morgan fingerprint density at radius 3 is 2.86 bits per heavy atom. The molecule has 2 fully saturated rings. The summed E-state index contributed by atoms with van der Waals surface area (Å²) in [7, 11) is 0. The maximum Gasteiger partial charge on any atom is 0.325 e. The molecule has 0 radical (unpaired) electrons. The molecular weight excluding hydrogens is 370 g/mol. The summed E-state index contributed by atoms with van der Waals surface area (Å²) in [6.07, 6.45) is 11.1. The normalized spacial score (nSPS) is 27.1. The van der Waals surface area contributed by atoms with Crippen molar-refractivity contribution >= 4 is 17.8 Å². The van der Waals surface area contributed by atoms with E-state index in [1.807, 2.05) is 13.0 Å². The van der Waals surface area contributed by atoms with Crippen molar-refractivity contribution in [3.05, 3.63) is 35.9 Å². The zero-order valence-electron chi connectivity index (χ0n) is 17.0. The fourth-order valence-corrected chi connectivity index (χ4v) is 4.83. The molecule has 1 aromatic heterocycles. The molecule has 2 atom stereocenters. The number of furan rings is 1. The van der Waals surface area contributed by atoms with Gasteiger partial charge in [-0.2, -0.15) is 0 Å². The van der Waals surface area contributed by atoms with Crippen molar-refractivity contribution < 1.29 is 18.8 Å². The molecule has 0 aromatic carbocycles. The zero-order chi connectivity index (χ0) is 20.4. The Balaban J connectivity index is 1.53. The van der Waals surface area contributed by atoms with Crippen LogP contribution in [0.15, 0.2) is 34.6 Å². The second-order valence-corrected chi connectivity index (χ2v) is 8.44. The van der Waals surface area contributed by atoms with E-state index in [1.54, 1.807) is 17.2 Å². The summed E-state index contributed by atoms with van der Waals surface area (Å²) < 4.78 is 5.44. The van der Waals surface area contributed by atoms with E-state index in [1.165, 1.54) is 0 Å². The molecule has 2 unspecified atom stereocenters. The number of nitrogens with zero attached hydrogens (tertiary/aromatic N) is 2. The average molecular weight is 399 g/mol. The van der Waals surface area contributed by atoms with Gasteiger partial charge in [-0.05, 0) is 56.6 Å². The molecule has 2 aliphatic carbocycles. The summed E-state index contributed by atoms with van der Waals surface area (Å²) in [4.78, 5) is 41.9. The molecule has 156 valence electrons. The SMILES string of the molecule is CC1CCCCC12NC(=O)N(CC(=O)N(Cc1ccco1)C1=CCCCC1)C2=O. The lowest BCUT2D eigenvalue weighted by Gasteiger charge is -2.37. The Labute approximate surface area is 171 Å². The van der Waals surface area contributed by atoms with E-state index in [9.17, 15) is 14.4 Å². The predicted molar refractivity (Wildman–Crippen MR) is 106 cm³/mol. The van der Waals surface area contributed by atoms with E-state index >= 15 is 0 Å². The number of nitrogens with one attached hydrogen (secondary N) is 1. The van der Waals surface area contributed by atoms with Gasteiger partial charge < -0.3 is 14.6 Å². The van der Waals surface area contributed by atoms with Crippen LogP contribution in [0.3, 0.4) is 0 Å². The molecule has 3 aliphatic rings. The van der Waals surface area contributed by atoms with Gasteiger partial charge in [0.05, 0.1) is 12.8 Å². The molecule has 1 saturated heterocycles. The number of imide groups is 1. The topological polar surface area (TPSA) is 82.9 Å². The van der Waals surface area contributed by atoms with Crippen molar-refractivity contribution in [2.75, 3.05) is 6.54 Å². The van der Waals surface area contributed by atoms with E-state index in [-0.39, 0.29) is 24.3 Å². The molecule has 29 heavy (non-hydrogen) atoms. The van der Waals surface area contributed by atoms with Crippen LogP contribution in [0.4, 0.5) is 4.79 Å². The molecule has 1 saturated carbocycles. The number of rotatable bonds is 5. The van der Waals surface area contributed by atoms with Crippen LogP contribution in [0.25, 0.3) is 0 Å². The Bertz CT molecular complexity index is 816. The van der Waals surface area contributed by atoms with Gasteiger partial charge in [0.25, 0.3) is 5.91 Å². The van der Waals surface area contributed by atoms with Gasteiger partial charge in [0.1, 0.15) is 17.8 Å². The Morgan fingerprint density at radius 1 is 1.31 bits per heavy atom. The van der Waals surface area contributed by atoms with Crippen LogP contribution in [-0.2, 0) is 16.1 Å². The van der Waals surface area contributed by atoms with Crippen LogP contribution in [0.2, 0.25) is 0 Å². The van der Waals surface area contributed by atoms with Gasteiger partial charge in [0.2, 0.25) is 5.91 Å². The average Bonchev–Trinajstić information content (AvgIpc) is 3.32. The summed E-state index contributed by atoms with van der Waals surface area (Å²) >= 11 is 0. The van der Waals surface area contributed by atoms with Gasteiger partial charge >= 0.3 is 6.03 Å². The minimum absolute atomic E-state index is 0.0769. The number of carbonyl (C=O) groups excluding carboxylic acids is 3. The highest BCUT2D eigenvalue weighted by molar-refractivity contribution is 6.09. The highest BCUT2D eigenvalue weighted by Crippen LogP contribution is 2.38. The number of hydrogen-bond acceptors (Lipinski definition) is 4. The van der Waals surface area contributed by atoms with Crippen molar-refractivity contribution in [3.63, 3.8) is 0 Å². The van der Waals surface area contributed by atoms with Crippen molar-refractivity contribution in [3.8, 4) is 0 Å². The number of hydrogen-bond donors (Lipinski definition) is 1. The Morgan fingerprint density at radius 2 is 2.17 bits per heavy atom. The molecule has 1 N–H and O–H groups in total. The number of urea groups is 1. The van der Waals surface area contributed by atoms with E-state index in [4.69, 9.17) is 4.42 Å². The lowest BCUT2D eigenvalue weighted by molar-refractivity contribution is -0.140. The molecular formula is C22H29N3O4. The first kappa shape index (κ1) is 19.7. The molecule has 7 heteroatoms. The summed E-state index contributed by atoms with van der Waals surface area (Å²) in [5.41, 5.74) is 0.108. The largest absolute Gasteiger partial charge is 0.467 e. The quantitative estimate of drug-likeness (QED) is 0.768. The fourth-order valence-electron chi connectivity index (χ4n) is 4.83. The van der Waals surface area contributed by atoms with Gasteiger partial charge in [-0.3, -0.25) is 14.5 Å². The lowest BCUT2D eigenvalue weighted by atomic mass is 9.73. The number of amides is 4. The Kier molecular flexibility index (Phi) is 5.48. The first-order valence-corrected chi connectivity index (χ1v) is 10.7. The molecule has 1 spiro atoms. The molecule has 7 nitrogen and oxygen atoms in total. The molecule has 2 heterocycles. The molecule has 0 bridgehead atoms. The third kappa shape index (κ3) is 3.70. The number of allylic oxidation sites excluding steroid dienone is 2. The van der Waals surface area contributed by atoms with E-state index < -0.39 is 11.6 Å². The fraction of sp³-hybridized carbons (Fsp3) is 0.591. The van der Waals surface area contributed by atoms with Crippen molar-refractivity contribution in [1.82, 2.24) is 15.1 Å². The summed E-state index contributed by atoms with van der Waals surface area (Å²) in [6.45, 7) is 2.08. The Hall–Kier alpha value is -2.57. The van der Waals surface area contributed by atoms with Gasteiger partial charge in [-0.1, -0.05) is 25.8 Å². The van der Waals surface area contributed by atoms with Crippen LogP contribution in [0, 0.1) is 5.92 Å². The van der Waals surface area contributed by atoms with Gasteiger partial charge in [-0.25, -0.2) is 4.79 Å². The van der Waals surface area contributed by atoms with Crippen molar-refractivity contribution in [2.45, 2.75) is 70.4 Å². The first-order valence-electron chi connectivity index (χ1n) is 10.7. The van der Waals surface area contributed by atoms with E-state index in [0.29, 0.717) is 18.7 Å². The maximum atomic E-state index is 13.2. The van der Waals surface area contributed by atoms with Gasteiger partial charge in [0, 0.05) is 5.70 Å². The van der Waals surface area contributed by atoms with Crippen LogP contribution in [0.5, 0.6) is 0 Å². The van der Waals surface area contributed by atoms with Crippen molar-refractivity contribution in [1.29, 1.82) is 0 Å². The number of carbonyl (C=O) groups is 3. The molecule has 4 amide bonds. The third-order valence-electron chi connectivity index (χ3n) is 6.60. The van der Waals surface area contributed by atoms with E-state index in [2.05, 4.69) is 11.4 Å². The molecule has 4 rings (SSSR count). The van der Waals surface area contributed by atoms with E-state index in [0.717, 1.165) is 55.5 Å². The van der Waals surface area contributed by atoms with Gasteiger partial charge in [0.15, 0.2) is 0 Å². The van der Waals surface area contributed by atoms with Gasteiger partial charge in [-0.15, -0.1) is 0 Å². The highest BCUT2D eigenvalue weighted by Gasteiger charge is 2.55.